The molecule has 0 radical (unpaired) electrons. The Morgan fingerprint density at radius 3 is 2.59 bits per heavy atom. The molecule has 2 unspecified atom stereocenters. The molecule has 240 valence electrons. The van der Waals surface area contributed by atoms with Crippen LogP contribution in [0.4, 0.5) is 32.8 Å². The SMILES string of the molecule is N#Cc1c(N)sc2c(F)ccc(-c3c(C(F)(F)F)cc4c(N5CC6CCC(C5)N6)nc(OCC56COC(CO)(C5)C6)nc4c3F)c12. The van der Waals surface area contributed by atoms with Crippen LogP contribution in [-0.2, 0) is 10.9 Å². The Kier molecular flexibility index (Phi) is 6.48. The summed E-state index contributed by atoms with van der Waals surface area (Å²) in [6, 6.07) is 4.61. The van der Waals surface area contributed by atoms with Crippen molar-refractivity contribution in [1.82, 2.24) is 15.3 Å². The van der Waals surface area contributed by atoms with Gasteiger partial charge in [-0.05, 0) is 43.4 Å². The van der Waals surface area contributed by atoms with E-state index in [-0.39, 0.29) is 74.1 Å². The van der Waals surface area contributed by atoms with Crippen molar-refractivity contribution in [3.05, 3.63) is 41.0 Å². The number of aliphatic hydroxyl groups is 1. The number of ether oxygens (including phenoxy) is 2. The quantitative estimate of drug-likeness (QED) is 0.242. The zero-order chi connectivity index (χ0) is 32.2. The molecule has 2 atom stereocenters. The number of alkyl halides is 3. The first kappa shape index (κ1) is 29.6. The number of anilines is 2. The van der Waals surface area contributed by atoms with E-state index in [1.807, 2.05) is 11.0 Å². The molecule has 2 aromatic heterocycles. The molecule has 1 saturated carbocycles. The average molecular weight is 659 g/mol. The van der Waals surface area contributed by atoms with E-state index in [2.05, 4.69) is 15.3 Å². The van der Waals surface area contributed by atoms with Crippen LogP contribution in [0.2, 0.25) is 0 Å². The fraction of sp³-hybridized carbons (Fsp3) is 0.452. The van der Waals surface area contributed by atoms with Crippen LogP contribution in [0, 0.1) is 28.4 Å². The molecular formula is C31H27F5N6O3S. The highest BCUT2D eigenvalue weighted by Crippen LogP contribution is 2.57. The Morgan fingerprint density at radius 1 is 1.20 bits per heavy atom. The number of nitrogens with one attached hydrogen (secondary N) is 1. The summed E-state index contributed by atoms with van der Waals surface area (Å²) in [5, 5.41) is 22.5. The van der Waals surface area contributed by atoms with E-state index in [0.29, 0.717) is 43.9 Å². The molecule has 15 heteroatoms. The second kappa shape index (κ2) is 10.1. The molecule has 4 N–H and O–H groups in total. The number of hydrogen-bond acceptors (Lipinski definition) is 10. The van der Waals surface area contributed by atoms with Crippen molar-refractivity contribution in [3.63, 3.8) is 0 Å². The number of benzene rings is 2. The smallest absolute Gasteiger partial charge is 0.417 e. The van der Waals surface area contributed by atoms with Gasteiger partial charge in [0, 0.05) is 46.9 Å². The minimum absolute atomic E-state index is 0.0938. The lowest BCUT2D eigenvalue weighted by Gasteiger charge is -2.42. The van der Waals surface area contributed by atoms with Crippen LogP contribution < -0.4 is 20.7 Å². The van der Waals surface area contributed by atoms with E-state index in [9.17, 15) is 27.9 Å². The van der Waals surface area contributed by atoms with Crippen molar-refractivity contribution in [3.8, 4) is 23.2 Å². The summed E-state index contributed by atoms with van der Waals surface area (Å²) in [6.45, 7) is 1.24. The molecule has 2 aromatic carbocycles. The first-order chi connectivity index (χ1) is 21.9. The fourth-order valence-electron chi connectivity index (χ4n) is 7.81. The van der Waals surface area contributed by atoms with Crippen LogP contribution in [0.5, 0.6) is 6.01 Å². The summed E-state index contributed by atoms with van der Waals surface area (Å²) < 4.78 is 87.9. The van der Waals surface area contributed by atoms with Gasteiger partial charge in [0.25, 0.3) is 0 Å². The van der Waals surface area contributed by atoms with Crippen LogP contribution in [-0.4, -0.2) is 65.7 Å². The van der Waals surface area contributed by atoms with Gasteiger partial charge in [0.2, 0.25) is 0 Å². The van der Waals surface area contributed by atoms with Gasteiger partial charge in [-0.25, -0.2) is 8.78 Å². The molecule has 4 bridgehead atoms. The summed E-state index contributed by atoms with van der Waals surface area (Å²) in [7, 11) is 0. The van der Waals surface area contributed by atoms with Crippen LogP contribution in [0.25, 0.3) is 32.1 Å². The minimum Gasteiger partial charge on any atom is -0.463 e. The number of nitrogens with two attached hydrogens (primary N) is 1. The van der Waals surface area contributed by atoms with Gasteiger partial charge in [-0.3, -0.25) is 0 Å². The number of rotatable bonds is 6. The van der Waals surface area contributed by atoms with Gasteiger partial charge in [0.05, 0.1) is 41.2 Å². The molecular weight excluding hydrogens is 631 g/mol. The molecule has 4 aromatic rings. The van der Waals surface area contributed by atoms with Crippen LogP contribution >= 0.6 is 11.3 Å². The number of nitrogens with zero attached hydrogens (tertiary/aromatic N) is 4. The van der Waals surface area contributed by atoms with Crippen molar-refractivity contribution in [2.75, 3.05) is 43.5 Å². The number of nitrogen functional groups attached to an aromatic ring is 1. The third kappa shape index (κ3) is 4.41. The molecule has 4 saturated heterocycles. The maximum Gasteiger partial charge on any atom is 0.417 e. The van der Waals surface area contributed by atoms with E-state index in [4.69, 9.17) is 15.2 Å². The highest BCUT2D eigenvalue weighted by atomic mass is 32.1. The summed E-state index contributed by atoms with van der Waals surface area (Å²) in [6.07, 6.45) is -2.13. The number of fused-ring (bicyclic) bond motifs is 5. The van der Waals surface area contributed by atoms with E-state index >= 15 is 4.39 Å². The lowest BCUT2D eigenvalue weighted by Crippen LogP contribution is -2.51. The van der Waals surface area contributed by atoms with Crippen molar-refractivity contribution in [1.29, 1.82) is 5.26 Å². The second-order valence-electron chi connectivity index (χ2n) is 12.9. The molecule has 6 heterocycles. The van der Waals surface area contributed by atoms with Crippen molar-refractivity contribution in [2.45, 2.75) is 49.5 Å². The molecule has 46 heavy (non-hydrogen) atoms. The minimum atomic E-state index is -5.04. The molecule has 4 aliphatic heterocycles. The zero-order valence-corrected chi connectivity index (χ0v) is 25.0. The summed E-state index contributed by atoms with van der Waals surface area (Å²) in [5.41, 5.74) is 1.82. The number of thiophene rings is 1. The summed E-state index contributed by atoms with van der Waals surface area (Å²) in [5.74, 6) is -1.98. The third-order valence-corrected chi connectivity index (χ3v) is 10.8. The predicted octanol–water partition coefficient (Wildman–Crippen LogP) is 5.12. The van der Waals surface area contributed by atoms with Gasteiger partial charge < -0.3 is 30.5 Å². The Bertz CT molecular complexity index is 1960. The lowest BCUT2D eigenvalue weighted by atomic mass is 9.63. The van der Waals surface area contributed by atoms with Gasteiger partial charge in [-0.2, -0.15) is 28.4 Å². The Hall–Kier alpha value is -3.84. The monoisotopic (exact) mass is 658 g/mol. The Morgan fingerprint density at radius 2 is 1.93 bits per heavy atom. The standard InChI is InChI=1S/C31H27F5N6O3S/c32-20-4-3-16(21-18(6-37)26(38)46-25(20)21)22-19(31(34,35)36)5-17-24(23(22)33)40-28(44-12-29-9-30(10-29,11-43)45-13-29)41-27(17)42-7-14-1-2-15(8-42)39-14/h3-5,14-15,39,43H,1-2,7-13,38H2. The molecule has 0 amide bonds. The number of hydrogen-bond donors (Lipinski definition) is 3. The van der Waals surface area contributed by atoms with Crippen LogP contribution in [0.3, 0.4) is 0 Å². The highest BCUT2D eigenvalue weighted by Gasteiger charge is 2.62. The van der Waals surface area contributed by atoms with Gasteiger partial charge in [-0.15, -0.1) is 11.3 Å². The Labute approximate surface area is 262 Å². The number of nitriles is 1. The molecule has 0 spiro atoms. The molecule has 1 aliphatic carbocycles. The van der Waals surface area contributed by atoms with E-state index in [1.54, 1.807) is 0 Å². The molecule has 9 rings (SSSR count). The fourth-order valence-corrected chi connectivity index (χ4v) is 8.76. The third-order valence-electron chi connectivity index (χ3n) is 9.79. The normalized spacial score (nSPS) is 26.9. The summed E-state index contributed by atoms with van der Waals surface area (Å²) >= 11 is 0.707. The van der Waals surface area contributed by atoms with Gasteiger partial charge in [0.1, 0.15) is 28.2 Å². The topological polar surface area (TPSA) is 130 Å². The lowest BCUT2D eigenvalue weighted by molar-refractivity contribution is -0.137. The van der Waals surface area contributed by atoms with Gasteiger partial charge in [0.15, 0.2) is 5.82 Å². The van der Waals surface area contributed by atoms with Gasteiger partial charge in [-0.1, -0.05) is 6.07 Å². The highest BCUT2D eigenvalue weighted by molar-refractivity contribution is 7.23. The molecule has 5 fully saturated rings. The average Bonchev–Trinajstić information content (AvgIpc) is 3.76. The van der Waals surface area contributed by atoms with Crippen LogP contribution in [0.1, 0.15) is 36.8 Å². The maximum absolute atomic E-state index is 16.9. The van der Waals surface area contributed by atoms with Crippen molar-refractivity contribution in [2.24, 2.45) is 5.41 Å². The van der Waals surface area contributed by atoms with E-state index in [1.165, 1.54) is 0 Å². The number of aliphatic hydroxyl groups excluding tert-OH is 1. The number of piperazine rings is 1. The van der Waals surface area contributed by atoms with E-state index in [0.717, 1.165) is 31.0 Å². The number of halogens is 5. The first-order valence-corrected chi connectivity index (χ1v) is 15.7. The Balaban J connectivity index is 1.33. The maximum atomic E-state index is 16.9. The van der Waals surface area contributed by atoms with Crippen LogP contribution in [0.15, 0.2) is 18.2 Å². The van der Waals surface area contributed by atoms with Gasteiger partial charge >= 0.3 is 12.2 Å². The van der Waals surface area contributed by atoms with E-state index < -0.39 is 40.1 Å². The summed E-state index contributed by atoms with van der Waals surface area (Å²) in [4.78, 5) is 10.7. The van der Waals surface area contributed by atoms with Crippen molar-refractivity contribution < 1.29 is 36.5 Å². The molecule has 9 nitrogen and oxygen atoms in total. The molecule has 5 aliphatic rings. The largest absolute Gasteiger partial charge is 0.463 e. The zero-order valence-electron chi connectivity index (χ0n) is 24.2. The number of aromatic nitrogens is 2. The first-order valence-electron chi connectivity index (χ1n) is 14.8. The predicted molar refractivity (Wildman–Crippen MR) is 159 cm³/mol. The second-order valence-corrected chi connectivity index (χ2v) is 14.0. The van der Waals surface area contributed by atoms with Crippen molar-refractivity contribution >= 4 is 43.1 Å².